The van der Waals surface area contributed by atoms with E-state index in [9.17, 15) is 0 Å². The van der Waals surface area contributed by atoms with E-state index >= 15 is 0 Å². The Balaban J connectivity index is 1.96. The summed E-state index contributed by atoms with van der Waals surface area (Å²) >= 11 is 6.20. The van der Waals surface area contributed by atoms with E-state index in [1.165, 1.54) is 5.56 Å². The second-order valence-corrected chi connectivity index (χ2v) is 5.55. The first-order chi connectivity index (χ1) is 9.54. The van der Waals surface area contributed by atoms with Crippen molar-refractivity contribution in [2.45, 2.75) is 33.4 Å². The van der Waals surface area contributed by atoms with Crippen molar-refractivity contribution in [1.82, 2.24) is 0 Å². The molecule has 0 aliphatic heterocycles. The van der Waals surface area contributed by atoms with Gasteiger partial charge in [-0.05, 0) is 56.2 Å². The van der Waals surface area contributed by atoms with Gasteiger partial charge in [-0.25, -0.2) is 0 Å². The minimum absolute atomic E-state index is 0.199. The maximum Gasteiger partial charge on any atom is 0.119 e. The first kappa shape index (κ1) is 14.7. The normalized spacial score (nSPS) is 10.7. The van der Waals surface area contributed by atoms with Crippen LogP contribution in [0.25, 0.3) is 0 Å². The summed E-state index contributed by atoms with van der Waals surface area (Å²) in [5, 5.41) is 4.10. The second-order valence-electron chi connectivity index (χ2n) is 5.15. The van der Waals surface area contributed by atoms with Crippen LogP contribution in [0.15, 0.2) is 42.5 Å². The minimum Gasteiger partial charge on any atom is -0.491 e. The van der Waals surface area contributed by atoms with Gasteiger partial charge in [0.1, 0.15) is 5.75 Å². The summed E-state index contributed by atoms with van der Waals surface area (Å²) in [4.78, 5) is 0. The third kappa shape index (κ3) is 4.17. The molecule has 2 aromatic carbocycles. The smallest absolute Gasteiger partial charge is 0.119 e. The van der Waals surface area contributed by atoms with E-state index in [2.05, 4.69) is 17.4 Å². The zero-order valence-electron chi connectivity index (χ0n) is 12.1. The van der Waals surface area contributed by atoms with E-state index in [4.69, 9.17) is 16.3 Å². The molecule has 106 valence electrons. The van der Waals surface area contributed by atoms with Crippen LogP contribution in [0.5, 0.6) is 5.75 Å². The fraction of sp³-hybridized carbons (Fsp3) is 0.294. The quantitative estimate of drug-likeness (QED) is 0.832. The second kappa shape index (κ2) is 6.67. The molecule has 0 atom stereocenters. The monoisotopic (exact) mass is 289 g/mol. The topological polar surface area (TPSA) is 21.3 Å². The van der Waals surface area contributed by atoms with Gasteiger partial charge in [0.2, 0.25) is 0 Å². The molecular formula is C17H20ClNO. The molecule has 0 radical (unpaired) electrons. The molecule has 2 aromatic rings. The predicted octanol–water partition coefficient (Wildman–Crippen LogP) is 5.05. The Hall–Kier alpha value is -1.67. The van der Waals surface area contributed by atoms with E-state index in [1.807, 2.05) is 51.1 Å². The summed E-state index contributed by atoms with van der Waals surface area (Å²) in [7, 11) is 0. The number of ether oxygens (including phenoxy) is 1. The maximum atomic E-state index is 6.20. The number of halogens is 1. The Morgan fingerprint density at radius 2 is 1.80 bits per heavy atom. The third-order valence-corrected chi connectivity index (χ3v) is 3.22. The standard InChI is InChI=1S/C17H20ClNO/c1-12(2)20-15-7-5-14(6-8-15)11-19-17-9-4-13(3)10-16(17)18/h4-10,12,19H,11H2,1-3H3. The molecule has 2 nitrogen and oxygen atoms in total. The summed E-state index contributed by atoms with van der Waals surface area (Å²) in [6, 6.07) is 14.1. The van der Waals surface area contributed by atoms with Gasteiger partial charge in [-0.15, -0.1) is 0 Å². The van der Waals surface area contributed by atoms with E-state index in [0.29, 0.717) is 0 Å². The lowest BCUT2D eigenvalue weighted by atomic mass is 10.2. The lowest BCUT2D eigenvalue weighted by Gasteiger charge is -2.11. The highest BCUT2D eigenvalue weighted by molar-refractivity contribution is 6.33. The van der Waals surface area contributed by atoms with Gasteiger partial charge >= 0.3 is 0 Å². The van der Waals surface area contributed by atoms with E-state index in [1.54, 1.807) is 0 Å². The van der Waals surface area contributed by atoms with Crippen LogP contribution in [0.3, 0.4) is 0 Å². The highest BCUT2D eigenvalue weighted by atomic mass is 35.5. The molecule has 1 N–H and O–H groups in total. The zero-order chi connectivity index (χ0) is 14.5. The van der Waals surface area contributed by atoms with Crippen LogP contribution in [-0.2, 0) is 6.54 Å². The number of nitrogens with one attached hydrogen (secondary N) is 1. The molecule has 0 saturated carbocycles. The first-order valence-electron chi connectivity index (χ1n) is 6.80. The summed E-state index contributed by atoms with van der Waals surface area (Å²) in [5.74, 6) is 0.900. The molecule has 0 spiro atoms. The molecule has 0 heterocycles. The Morgan fingerprint density at radius 1 is 1.10 bits per heavy atom. The van der Waals surface area contributed by atoms with Crippen molar-refractivity contribution in [2.24, 2.45) is 0 Å². The molecule has 0 saturated heterocycles. The Bertz CT molecular complexity index is 564. The van der Waals surface area contributed by atoms with Crippen LogP contribution in [0, 0.1) is 6.92 Å². The molecule has 0 aliphatic rings. The van der Waals surface area contributed by atoms with Gasteiger partial charge in [0.15, 0.2) is 0 Å². The number of rotatable bonds is 5. The third-order valence-electron chi connectivity index (χ3n) is 2.90. The number of hydrogen-bond donors (Lipinski definition) is 1. The average molecular weight is 290 g/mol. The fourth-order valence-electron chi connectivity index (χ4n) is 1.92. The largest absolute Gasteiger partial charge is 0.491 e. The molecule has 20 heavy (non-hydrogen) atoms. The number of benzene rings is 2. The van der Waals surface area contributed by atoms with Crippen LogP contribution in [0.1, 0.15) is 25.0 Å². The highest BCUT2D eigenvalue weighted by Crippen LogP contribution is 2.23. The number of aryl methyl sites for hydroxylation is 1. The minimum atomic E-state index is 0.199. The van der Waals surface area contributed by atoms with Crippen molar-refractivity contribution < 1.29 is 4.74 Å². The van der Waals surface area contributed by atoms with Gasteiger partial charge in [-0.2, -0.15) is 0 Å². The number of hydrogen-bond acceptors (Lipinski definition) is 2. The van der Waals surface area contributed by atoms with Crippen molar-refractivity contribution in [2.75, 3.05) is 5.32 Å². The van der Waals surface area contributed by atoms with Crippen molar-refractivity contribution in [3.8, 4) is 5.75 Å². The lowest BCUT2D eigenvalue weighted by molar-refractivity contribution is 0.242. The Morgan fingerprint density at radius 3 is 2.40 bits per heavy atom. The van der Waals surface area contributed by atoms with Crippen LogP contribution in [0.4, 0.5) is 5.69 Å². The summed E-state index contributed by atoms with van der Waals surface area (Å²) < 4.78 is 5.62. The molecule has 3 heteroatoms. The summed E-state index contributed by atoms with van der Waals surface area (Å²) in [5.41, 5.74) is 3.31. The molecule has 0 unspecified atom stereocenters. The average Bonchev–Trinajstić information content (AvgIpc) is 2.39. The molecule has 0 aliphatic carbocycles. The van der Waals surface area contributed by atoms with Crippen molar-refractivity contribution in [3.63, 3.8) is 0 Å². The molecule has 0 bridgehead atoms. The lowest BCUT2D eigenvalue weighted by Crippen LogP contribution is -2.05. The van der Waals surface area contributed by atoms with Crippen molar-refractivity contribution in [1.29, 1.82) is 0 Å². The zero-order valence-corrected chi connectivity index (χ0v) is 12.9. The predicted molar refractivity (Wildman–Crippen MR) is 85.7 cm³/mol. The van der Waals surface area contributed by atoms with Gasteiger partial charge in [-0.3, -0.25) is 0 Å². The van der Waals surface area contributed by atoms with Gasteiger partial charge in [0, 0.05) is 6.54 Å². The maximum absolute atomic E-state index is 6.20. The molecule has 0 fully saturated rings. The highest BCUT2D eigenvalue weighted by Gasteiger charge is 2.01. The fourth-order valence-corrected chi connectivity index (χ4v) is 2.22. The molecule has 0 amide bonds. The van der Waals surface area contributed by atoms with Gasteiger partial charge in [0.25, 0.3) is 0 Å². The van der Waals surface area contributed by atoms with Crippen molar-refractivity contribution in [3.05, 3.63) is 58.6 Å². The number of anilines is 1. The van der Waals surface area contributed by atoms with Crippen LogP contribution in [-0.4, -0.2) is 6.10 Å². The summed E-state index contributed by atoms with van der Waals surface area (Å²) in [6.45, 7) is 6.82. The van der Waals surface area contributed by atoms with Gasteiger partial charge < -0.3 is 10.1 Å². The first-order valence-corrected chi connectivity index (χ1v) is 7.18. The van der Waals surface area contributed by atoms with Gasteiger partial charge in [0.05, 0.1) is 16.8 Å². The van der Waals surface area contributed by atoms with Crippen LogP contribution in [0.2, 0.25) is 5.02 Å². The van der Waals surface area contributed by atoms with Crippen LogP contribution >= 0.6 is 11.6 Å². The molecule has 0 aromatic heterocycles. The van der Waals surface area contributed by atoms with E-state index in [0.717, 1.165) is 28.6 Å². The SMILES string of the molecule is Cc1ccc(NCc2ccc(OC(C)C)cc2)c(Cl)c1. The van der Waals surface area contributed by atoms with E-state index in [-0.39, 0.29) is 6.10 Å². The van der Waals surface area contributed by atoms with E-state index < -0.39 is 0 Å². The summed E-state index contributed by atoms with van der Waals surface area (Å²) in [6.07, 6.45) is 0.199. The Labute approximate surface area is 125 Å². The van der Waals surface area contributed by atoms with Gasteiger partial charge in [-0.1, -0.05) is 29.8 Å². The molecule has 2 rings (SSSR count). The molecular weight excluding hydrogens is 270 g/mol. The van der Waals surface area contributed by atoms with Crippen molar-refractivity contribution >= 4 is 17.3 Å². The van der Waals surface area contributed by atoms with Crippen LogP contribution < -0.4 is 10.1 Å². The Kier molecular flexibility index (Phi) is 4.91.